The molecule has 0 saturated carbocycles. The minimum Gasteiger partial charge on any atom is -0.451 e. The SMILES string of the molecule is CN(Cc1cocn1)C1COCC1O. The summed E-state index contributed by atoms with van der Waals surface area (Å²) in [6.07, 6.45) is 2.62. The first-order valence-corrected chi connectivity index (χ1v) is 4.60. The second kappa shape index (κ2) is 4.08. The van der Waals surface area contributed by atoms with Gasteiger partial charge in [0.25, 0.3) is 0 Å². The van der Waals surface area contributed by atoms with Crippen LogP contribution in [0.25, 0.3) is 0 Å². The maximum absolute atomic E-state index is 9.58. The molecule has 2 rings (SSSR count). The molecule has 0 aliphatic carbocycles. The maximum atomic E-state index is 9.58. The highest BCUT2D eigenvalue weighted by atomic mass is 16.5. The van der Waals surface area contributed by atoms with Crippen LogP contribution >= 0.6 is 0 Å². The topological polar surface area (TPSA) is 58.7 Å². The lowest BCUT2D eigenvalue weighted by Crippen LogP contribution is -2.39. The molecule has 2 unspecified atom stereocenters. The van der Waals surface area contributed by atoms with Gasteiger partial charge in [0.05, 0.1) is 31.1 Å². The Balaban J connectivity index is 1.92. The van der Waals surface area contributed by atoms with Crippen molar-refractivity contribution in [1.82, 2.24) is 9.88 Å². The summed E-state index contributed by atoms with van der Waals surface area (Å²) >= 11 is 0. The average molecular weight is 198 g/mol. The van der Waals surface area contributed by atoms with Crippen LogP contribution in [0.1, 0.15) is 5.69 Å². The van der Waals surface area contributed by atoms with Crippen molar-refractivity contribution in [2.24, 2.45) is 0 Å². The Morgan fingerprint density at radius 2 is 2.50 bits per heavy atom. The summed E-state index contributed by atoms with van der Waals surface area (Å²) < 4.78 is 10.0. The number of rotatable bonds is 3. The Morgan fingerprint density at radius 3 is 3.07 bits per heavy atom. The standard InChI is InChI=1S/C9H14N2O3/c1-11(2-7-3-14-6-10-7)8-4-13-5-9(8)12/h3,6,8-9,12H,2,4-5H2,1H3. The Bertz CT molecular complexity index is 276. The summed E-state index contributed by atoms with van der Waals surface area (Å²) in [7, 11) is 1.94. The van der Waals surface area contributed by atoms with Gasteiger partial charge in [-0.15, -0.1) is 0 Å². The molecule has 1 aromatic heterocycles. The van der Waals surface area contributed by atoms with Crippen molar-refractivity contribution in [3.05, 3.63) is 18.4 Å². The molecule has 2 heterocycles. The first-order chi connectivity index (χ1) is 6.77. The van der Waals surface area contributed by atoms with Crippen molar-refractivity contribution in [2.45, 2.75) is 18.7 Å². The van der Waals surface area contributed by atoms with E-state index in [-0.39, 0.29) is 6.04 Å². The molecular formula is C9H14N2O3. The van der Waals surface area contributed by atoms with Gasteiger partial charge in [0.1, 0.15) is 6.26 Å². The predicted octanol–water partition coefficient (Wildman–Crippen LogP) is -0.134. The van der Waals surface area contributed by atoms with Gasteiger partial charge in [0.2, 0.25) is 0 Å². The van der Waals surface area contributed by atoms with E-state index in [2.05, 4.69) is 4.98 Å². The fraction of sp³-hybridized carbons (Fsp3) is 0.667. The van der Waals surface area contributed by atoms with Crippen molar-refractivity contribution < 1.29 is 14.3 Å². The van der Waals surface area contributed by atoms with Gasteiger partial charge >= 0.3 is 0 Å². The highest BCUT2D eigenvalue weighted by molar-refractivity contribution is 4.93. The monoisotopic (exact) mass is 198 g/mol. The number of hydrogen-bond donors (Lipinski definition) is 1. The third-order valence-electron chi connectivity index (χ3n) is 2.48. The molecule has 1 aliphatic heterocycles. The first kappa shape index (κ1) is 9.64. The van der Waals surface area contributed by atoms with Gasteiger partial charge < -0.3 is 14.3 Å². The molecular weight excluding hydrogens is 184 g/mol. The van der Waals surface area contributed by atoms with Crippen molar-refractivity contribution in [1.29, 1.82) is 0 Å². The molecule has 0 amide bonds. The Labute approximate surface area is 82.3 Å². The van der Waals surface area contributed by atoms with Crippen molar-refractivity contribution >= 4 is 0 Å². The predicted molar refractivity (Wildman–Crippen MR) is 48.6 cm³/mol. The smallest absolute Gasteiger partial charge is 0.180 e. The summed E-state index contributed by atoms with van der Waals surface area (Å²) in [5.41, 5.74) is 0.867. The van der Waals surface area contributed by atoms with Crippen molar-refractivity contribution in [3.8, 4) is 0 Å². The van der Waals surface area contributed by atoms with Gasteiger partial charge in [-0.1, -0.05) is 0 Å². The summed E-state index contributed by atoms with van der Waals surface area (Å²) in [4.78, 5) is 6.05. The number of likely N-dealkylation sites (N-methyl/N-ethyl adjacent to an activating group) is 1. The quantitative estimate of drug-likeness (QED) is 0.733. The number of nitrogens with zero attached hydrogens (tertiary/aromatic N) is 2. The van der Waals surface area contributed by atoms with E-state index in [1.807, 2.05) is 11.9 Å². The minimum absolute atomic E-state index is 0.0618. The van der Waals surface area contributed by atoms with Crippen LogP contribution in [0.15, 0.2) is 17.1 Å². The Hall–Kier alpha value is -0.910. The van der Waals surface area contributed by atoms with E-state index in [4.69, 9.17) is 9.15 Å². The fourth-order valence-electron chi connectivity index (χ4n) is 1.64. The molecule has 0 radical (unpaired) electrons. The molecule has 0 aromatic carbocycles. The molecule has 78 valence electrons. The zero-order valence-electron chi connectivity index (χ0n) is 8.09. The lowest BCUT2D eigenvalue weighted by Gasteiger charge is -2.24. The number of hydrogen-bond acceptors (Lipinski definition) is 5. The Morgan fingerprint density at radius 1 is 1.64 bits per heavy atom. The van der Waals surface area contributed by atoms with Crippen molar-refractivity contribution in [3.63, 3.8) is 0 Å². The maximum Gasteiger partial charge on any atom is 0.180 e. The van der Waals surface area contributed by atoms with Crippen molar-refractivity contribution in [2.75, 3.05) is 20.3 Å². The fourth-order valence-corrected chi connectivity index (χ4v) is 1.64. The van der Waals surface area contributed by atoms with Crippen LogP contribution in [0.4, 0.5) is 0 Å². The molecule has 1 fully saturated rings. The van der Waals surface area contributed by atoms with E-state index in [1.165, 1.54) is 6.39 Å². The average Bonchev–Trinajstić information content (AvgIpc) is 2.75. The minimum atomic E-state index is -0.396. The number of aromatic nitrogens is 1. The second-order valence-corrected chi connectivity index (χ2v) is 3.57. The van der Waals surface area contributed by atoms with Crippen LogP contribution in [0, 0.1) is 0 Å². The first-order valence-electron chi connectivity index (χ1n) is 4.60. The third-order valence-corrected chi connectivity index (χ3v) is 2.48. The van der Waals surface area contributed by atoms with Crippen LogP contribution in [0.2, 0.25) is 0 Å². The Kier molecular flexibility index (Phi) is 2.81. The largest absolute Gasteiger partial charge is 0.451 e. The molecule has 5 nitrogen and oxygen atoms in total. The lowest BCUT2D eigenvalue weighted by molar-refractivity contribution is 0.0919. The van der Waals surface area contributed by atoms with E-state index >= 15 is 0 Å². The number of aliphatic hydroxyl groups excluding tert-OH is 1. The van der Waals surface area contributed by atoms with Gasteiger partial charge in [-0.3, -0.25) is 4.90 Å². The summed E-state index contributed by atoms with van der Waals surface area (Å²) in [6.45, 7) is 1.67. The van der Waals surface area contributed by atoms with E-state index in [9.17, 15) is 5.11 Å². The van der Waals surface area contributed by atoms with Crippen LogP contribution in [-0.2, 0) is 11.3 Å². The molecule has 1 aromatic rings. The molecule has 5 heteroatoms. The molecule has 1 N–H and O–H groups in total. The molecule has 1 saturated heterocycles. The molecule has 14 heavy (non-hydrogen) atoms. The highest BCUT2D eigenvalue weighted by Crippen LogP contribution is 2.13. The third kappa shape index (κ3) is 1.95. The van der Waals surface area contributed by atoms with Gasteiger partial charge in [-0.2, -0.15) is 0 Å². The van der Waals surface area contributed by atoms with Gasteiger partial charge in [-0.25, -0.2) is 4.98 Å². The molecule has 2 atom stereocenters. The number of aliphatic hydroxyl groups is 1. The zero-order valence-corrected chi connectivity index (χ0v) is 8.09. The lowest BCUT2D eigenvalue weighted by atomic mass is 10.2. The molecule has 1 aliphatic rings. The normalized spacial score (nSPS) is 27.4. The van der Waals surface area contributed by atoms with Gasteiger partial charge in [-0.05, 0) is 7.05 Å². The van der Waals surface area contributed by atoms with E-state index < -0.39 is 6.10 Å². The van der Waals surface area contributed by atoms with Gasteiger partial charge in [0, 0.05) is 6.54 Å². The van der Waals surface area contributed by atoms with E-state index in [0.29, 0.717) is 19.8 Å². The van der Waals surface area contributed by atoms with Gasteiger partial charge in [0.15, 0.2) is 6.39 Å². The van der Waals surface area contributed by atoms with E-state index in [0.717, 1.165) is 5.69 Å². The summed E-state index contributed by atoms with van der Waals surface area (Å²) in [5, 5.41) is 9.58. The van der Waals surface area contributed by atoms with Crippen LogP contribution in [-0.4, -0.2) is 47.4 Å². The summed E-state index contributed by atoms with van der Waals surface area (Å²) in [5.74, 6) is 0. The number of ether oxygens (including phenoxy) is 1. The highest BCUT2D eigenvalue weighted by Gasteiger charge is 2.29. The van der Waals surface area contributed by atoms with Crippen LogP contribution in [0.3, 0.4) is 0 Å². The number of oxazole rings is 1. The van der Waals surface area contributed by atoms with E-state index in [1.54, 1.807) is 6.26 Å². The molecule has 0 spiro atoms. The zero-order chi connectivity index (χ0) is 9.97. The van der Waals surface area contributed by atoms with Crippen LogP contribution < -0.4 is 0 Å². The summed E-state index contributed by atoms with van der Waals surface area (Å²) in [6, 6.07) is 0.0618. The molecule has 0 bridgehead atoms. The van der Waals surface area contributed by atoms with Crippen LogP contribution in [0.5, 0.6) is 0 Å². The second-order valence-electron chi connectivity index (χ2n) is 3.57.